The summed E-state index contributed by atoms with van der Waals surface area (Å²) < 4.78 is 15.3. The van der Waals surface area contributed by atoms with E-state index in [9.17, 15) is 19.2 Å². The maximum absolute atomic E-state index is 12.7. The van der Waals surface area contributed by atoms with E-state index in [0.717, 1.165) is 4.90 Å². The van der Waals surface area contributed by atoms with Crippen molar-refractivity contribution in [2.45, 2.75) is 6.92 Å². The highest BCUT2D eigenvalue weighted by Gasteiger charge is 2.36. The summed E-state index contributed by atoms with van der Waals surface area (Å²) in [5, 5.41) is 2.33. The summed E-state index contributed by atoms with van der Waals surface area (Å²) in [5.74, 6) is -0.704. The Kier molecular flexibility index (Phi) is 7.62. The van der Waals surface area contributed by atoms with Gasteiger partial charge >= 0.3 is 5.97 Å². The minimum Gasteiger partial charge on any atom is -0.495 e. The maximum atomic E-state index is 12.7. The van der Waals surface area contributed by atoms with Gasteiger partial charge < -0.3 is 19.5 Å². The smallest absolute Gasteiger partial charge is 0.308 e. The van der Waals surface area contributed by atoms with E-state index in [-0.39, 0.29) is 16.4 Å². The summed E-state index contributed by atoms with van der Waals surface area (Å²) >= 11 is 6.76. The average molecular weight is 491 g/mol. The van der Waals surface area contributed by atoms with Gasteiger partial charge in [0.25, 0.3) is 11.1 Å². The number of hydrogen-bond acceptors (Lipinski definition) is 8. The number of nitrogens with one attached hydrogen (secondary N) is 1. The van der Waals surface area contributed by atoms with Crippen LogP contribution < -0.4 is 19.5 Å². The van der Waals surface area contributed by atoms with Crippen LogP contribution in [0, 0.1) is 0 Å². The zero-order chi connectivity index (χ0) is 24.1. The molecule has 0 bridgehead atoms. The number of hydrogen-bond donors (Lipinski definition) is 1. The number of anilines is 1. The molecule has 3 amide bonds. The fraction of sp³-hybridized carbons (Fsp3) is 0.182. The van der Waals surface area contributed by atoms with Crippen molar-refractivity contribution in [2.24, 2.45) is 0 Å². The van der Waals surface area contributed by atoms with E-state index in [1.54, 1.807) is 24.3 Å². The molecule has 172 valence electrons. The molecule has 2 aromatic rings. The highest BCUT2D eigenvalue weighted by Crippen LogP contribution is 2.34. The largest absolute Gasteiger partial charge is 0.495 e. The lowest BCUT2D eigenvalue weighted by molar-refractivity contribution is -0.132. The number of nitrogens with zero attached hydrogens (tertiary/aromatic N) is 1. The number of halogens is 1. The molecule has 1 aliphatic rings. The molecule has 0 spiro atoms. The van der Waals surface area contributed by atoms with Crippen LogP contribution in [0.5, 0.6) is 17.2 Å². The Hall–Kier alpha value is -3.50. The van der Waals surface area contributed by atoms with Gasteiger partial charge in [0.2, 0.25) is 5.91 Å². The van der Waals surface area contributed by atoms with Crippen molar-refractivity contribution in [1.29, 1.82) is 0 Å². The fourth-order valence-electron chi connectivity index (χ4n) is 2.89. The maximum Gasteiger partial charge on any atom is 0.308 e. The van der Waals surface area contributed by atoms with Crippen LogP contribution in [0.1, 0.15) is 12.5 Å². The van der Waals surface area contributed by atoms with Gasteiger partial charge in [0.1, 0.15) is 12.3 Å². The number of rotatable bonds is 7. The first-order valence-electron chi connectivity index (χ1n) is 9.47. The van der Waals surface area contributed by atoms with Crippen LogP contribution in [-0.4, -0.2) is 48.7 Å². The summed E-state index contributed by atoms with van der Waals surface area (Å²) in [5.41, 5.74) is 0.943. The number of ether oxygens (including phenoxy) is 3. The Morgan fingerprint density at radius 3 is 2.39 bits per heavy atom. The van der Waals surface area contributed by atoms with Crippen LogP contribution in [0.4, 0.5) is 10.5 Å². The second-order valence-electron chi connectivity index (χ2n) is 6.67. The molecule has 0 unspecified atom stereocenters. The quantitative estimate of drug-likeness (QED) is 0.352. The Bertz CT molecular complexity index is 1170. The molecule has 1 aliphatic heterocycles. The monoisotopic (exact) mass is 490 g/mol. The first kappa shape index (κ1) is 24.1. The van der Waals surface area contributed by atoms with Gasteiger partial charge in [-0.25, -0.2) is 0 Å². The molecule has 1 N–H and O–H groups in total. The molecule has 1 fully saturated rings. The van der Waals surface area contributed by atoms with E-state index in [4.69, 9.17) is 25.8 Å². The predicted molar refractivity (Wildman–Crippen MR) is 124 cm³/mol. The van der Waals surface area contributed by atoms with Crippen molar-refractivity contribution in [1.82, 2.24) is 4.90 Å². The van der Waals surface area contributed by atoms with Crippen molar-refractivity contribution < 1.29 is 33.4 Å². The molecule has 2 aromatic carbocycles. The van der Waals surface area contributed by atoms with Crippen LogP contribution in [0.3, 0.4) is 0 Å². The molecule has 0 saturated carbocycles. The van der Waals surface area contributed by atoms with E-state index in [1.165, 1.54) is 39.4 Å². The van der Waals surface area contributed by atoms with Gasteiger partial charge in [-0.2, -0.15) is 0 Å². The number of thioether (sulfide) groups is 1. The van der Waals surface area contributed by atoms with Crippen molar-refractivity contribution >= 4 is 58.1 Å². The molecule has 11 heteroatoms. The first-order valence-corrected chi connectivity index (χ1v) is 10.7. The van der Waals surface area contributed by atoms with Crippen LogP contribution in [0.2, 0.25) is 5.02 Å². The summed E-state index contributed by atoms with van der Waals surface area (Å²) in [6.07, 6.45) is 1.49. The lowest BCUT2D eigenvalue weighted by atomic mass is 10.2. The lowest BCUT2D eigenvalue weighted by Gasteiger charge is -2.13. The average Bonchev–Trinajstić information content (AvgIpc) is 3.01. The summed E-state index contributed by atoms with van der Waals surface area (Å²) in [6, 6.07) is 9.36. The van der Waals surface area contributed by atoms with E-state index in [1.807, 2.05) is 0 Å². The Morgan fingerprint density at radius 1 is 1.06 bits per heavy atom. The molecule has 0 aromatic heterocycles. The fourth-order valence-corrected chi connectivity index (χ4v) is 3.99. The SMILES string of the molecule is COc1ccc(NC(=O)CN2C(=O)SC(=Cc3ccc(OC(C)=O)c(OC)c3)C2=O)cc1Cl. The second kappa shape index (κ2) is 10.4. The molecule has 0 radical (unpaired) electrons. The van der Waals surface area contributed by atoms with Gasteiger partial charge in [0.05, 0.1) is 24.1 Å². The van der Waals surface area contributed by atoms with E-state index < -0.39 is 29.6 Å². The van der Waals surface area contributed by atoms with E-state index in [2.05, 4.69) is 5.32 Å². The number of amides is 3. The number of carbonyl (C=O) groups is 4. The van der Waals surface area contributed by atoms with Gasteiger partial charge in [-0.15, -0.1) is 0 Å². The van der Waals surface area contributed by atoms with Crippen LogP contribution in [-0.2, 0) is 14.4 Å². The minimum atomic E-state index is -0.601. The zero-order valence-electron chi connectivity index (χ0n) is 17.8. The number of esters is 1. The van der Waals surface area contributed by atoms with E-state index >= 15 is 0 Å². The molecule has 9 nitrogen and oxygen atoms in total. The molecule has 0 atom stereocenters. The molecule has 0 aliphatic carbocycles. The topological polar surface area (TPSA) is 111 Å². The third-order valence-electron chi connectivity index (χ3n) is 4.35. The number of benzene rings is 2. The second-order valence-corrected chi connectivity index (χ2v) is 8.07. The standard InChI is InChI=1S/C22H19ClN2O7S/c1-12(26)32-17-6-4-13(8-18(17)31-3)9-19-21(28)25(22(29)33-19)11-20(27)24-14-5-7-16(30-2)15(23)10-14/h4-10H,11H2,1-3H3,(H,24,27). The van der Waals surface area contributed by atoms with Crippen molar-refractivity contribution in [3.05, 3.63) is 51.9 Å². The Labute approximate surface area is 198 Å². The number of imide groups is 1. The summed E-state index contributed by atoms with van der Waals surface area (Å²) in [7, 11) is 2.88. The van der Waals surface area contributed by atoms with Gasteiger partial charge in [-0.05, 0) is 53.7 Å². The Morgan fingerprint density at radius 2 is 1.76 bits per heavy atom. The molecule has 1 heterocycles. The number of carbonyl (C=O) groups excluding carboxylic acids is 4. The molecule has 33 heavy (non-hydrogen) atoms. The van der Waals surface area contributed by atoms with Crippen molar-refractivity contribution in [3.8, 4) is 17.2 Å². The highest BCUT2D eigenvalue weighted by molar-refractivity contribution is 8.18. The van der Waals surface area contributed by atoms with Gasteiger partial charge in [0, 0.05) is 12.6 Å². The van der Waals surface area contributed by atoms with Gasteiger partial charge in [-0.3, -0.25) is 24.1 Å². The summed E-state index contributed by atoms with van der Waals surface area (Å²) in [4.78, 5) is 49.6. The van der Waals surface area contributed by atoms with Crippen LogP contribution in [0.25, 0.3) is 6.08 Å². The lowest BCUT2D eigenvalue weighted by Crippen LogP contribution is -2.36. The third kappa shape index (κ3) is 5.85. The highest BCUT2D eigenvalue weighted by atomic mass is 35.5. The normalized spacial score (nSPS) is 14.4. The van der Waals surface area contributed by atoms with Crippen molar-refractivity contribution in [2.75, 3.05) is 26.1 Å². The summed E-state index contributed by atoms with van der Waals surface area (Å²) in [6.45, 7) is 0.809. The first-order chi connectivity index (χ1) is 15.7. The molecule has 1 saturated heterocycles. The molecule has 3 rings (SSSR count). The van der Waals surface area contributed by atoms with E-state index in [0.29, 0.717) is 33.8 Å². The predicted octanol–water partition coefficient (Wildman–Crippen LogP) is 3.96. The third-order valence-corrected chi connectivity index (χ3v) is 5.55. The van der Waals surface area contributed by atoms with Crippen LogP contribution >= 0.6 is 23.4 Å². The van der Waals surface area contributed by atoms with Crippen molar-refractivity contribution in [3.63, 3.8) is 0 Å². The van der Waals surface area contributed by atoms with Crippen LogP contribution in [0.15, 0.2) is 41.3 Å². The minimum absolute atomic E-state index is 0.141. The number of methoxy groups -OCH3 is 2. The Balaban J connectivity index is 1.71. The molecular weight excluding hydrogens is 472 g/mol. The van der Waals surface area contributed by atoms with Gasteiger partial charge in [0.15, 0.2) is 11.5 Å². The molecular formula is C22H19ClN2O7S. The zero-order valence-corrected chi connectivity index (χ0v) is 19.4. The van der Waals surface area contributed by atoms with Gasteiger partial charge in [-0.1, -0.05) is 17.7 Å².